The van der Waals surface area contributed by atoms with Crippen molar-refractivity contribution < 1.29 is 0 Å². The van der Waals surface area contributed by atoms with E-state index < -0.39 is 8.07 Å². The van der Waals surface area contributed by atoms with Crippen LogP contribution >= 0.6 is 11.6 Å². The third-order valence-electron chi connectivity index (χ3n) is 2.27. The first kappa shape index (κ1) is 13.3. The molecule has 0 amide bonds. The van der Waals surface area contributed by atoms with E-state index in [-0.39, 0.29) is 10.6 Å². The van der Waals surface area contributed by atoms with E-state index >= 15 is 0 Å². The Labute approximate surface area is 102 Å². The number of aryl methyl sites for hydroxylation is 1. The van der Waals surface area contributed by atoms with Crippen LogP contribution in [0.2, 0.25) is 30.7 Å². The lowest BCUT2D eigenvalue weighted by molar-refractivity contribution is 0.708. The summed E-state index contributed by atoms with van der Waals surface area (Å²) >= 11 is 5.92. The molecule has 0 aliphatic carbocycles. The van der Waals surface area contributed by atoms with Crippen molar-refractivity contribution in [2.45, 2.75) is 25.7 Å². The number of aromatic nitrogens is 2. The number of halogens is 1. The molecule has 1 aromatic heterocycles. The zero-order valence-electron chi connectivity index (χ0n) is 10.2. The Hall–Kier alpha value is -0.813. The van der Waals surface area contributed by atoms with Gasteiger partial charge in [0.25, 0.3) is 5.56 Å². The SMILES string of the molecule is Cn1ncc(NCC[Si](C)(C)C)c(Cl)c1=O. The smallest absolute Gasteiger partial charge is 0.287 e. The Morgan fingerprint density at radius 3 is 2.69 bits per heavy atom. The largest absolute Gasteiger partial charge is 0.383 e. The van der Waals surface area contributed by atoms with Crippen LogP contribution in [0.15, 0.2) is 11.0 Å². The molecule has 0 fully saturated rings. The topological polar surface area (TPSA) is 46.9 Å². The van der Waals surface area contributed by atoms with Gasteiger partial charge in [0.2, 0.25) is 0 Å². The molecule has 0 saturated carbocycles. The van der Waals surface area contributed by atoms with Crippen molar-refractivity contribution in [3.8, 4) is 0 Å². The van der Waals surface area contributed by atoms with E-state index in [0.29, 0.717) is 5.69 Å². The van der Waals surface area contributed by atoms with Crippen LogP contribution in [-0.2, 0) is 7.05 Å². The summed E-state index contributed by atoms with van der Waals surface area (Å²) in [5.41, 5.74) is 0.364. The maximum atomic E-state index is 11.5. The van der Waals surface area contributed by atoms with E-state index in [1.54, 1.807) is 13.2 Å². The highest BCUT2D eigenvalue weighted by atomic mass is 35.5. The maximum absolute atomic E-state index is 11.5. The summed E-state index contributed by atoms with van der Waals surface area (Å²) in [5, 5.41) is 7.30. The monoisotopic (exact) mass is 259 g/mol. The minimum Gasteiger partial charge on any atom is -0.383 e. The third-order valence-corrected chi connectivity index (χ3v) is 4.38. The molecule has 1 heterocycles. The molecule has 1 rings (SSSR count). The zero-order valence-corrected chi connectivity index (χ0v) is 11.9. The van der Waals surface area contributed by atoms with Gasteiger partial charge in [-0.15, -0.1) is 0 Å². The van der Waals surface area contributed by atoms with Gasteiger partial charge in [0.1, 0.15) is 5.02 Å². The van der Waals surface area contributed by atoms with Crippen molar-refractivity contribution >= 4 is 25.4 Å². The van der Waals surface area contributed by atoms with Crippen molar-refractivity contribution in [1.82, 2.24) is 9.78 Å². The van der Waals surface area contributed by atoms with E-state index in [1.807, 2.05) is 0 Å². The van der Waals surface area contributed by atoms with Gasteiger partial charge in [0.15, 0.2) is 0 Å². The molecule has 0 saturated heterocycles. The van der Waals surface area contributed by atoms with Crippen molar-refractivity contribution in [3.05, 3.63) is 21.6 Å². The van der Waals surface area contributed by atoms with Crippen LogP contribution in [0.25, 0.3) is 0 Å². The van der Waals surface area contributed by atoms with Gasteiger partial charge in [0, 0.05) is 21.7 Å². The van der Waals surface area contributed by atoms with Gasteiger partial charge >= 0.3 is 0 Å². The van der Waals surface area contributed by atoms with Crippen molar-refractivity contribution in [2.24, 2.45) is 7.05 Å². The number of hydrogen-bond donors (Lipinski definition) is 1. The van der Waals surface area contributed by atoms with Crippen LogP contribution in [0.5, 0.6) is 0 Å². The summed E-state index contributed by atoms with van der Waals surface area (Å²) in [6.07, 6.45) is 1.59. The summed E-state index contributed by atoms with van der Waals surface area (Å²) in [6, 6.07) is 1.14. The number of nitrogens with one attached hydrogen (secondary N) is 1. The van der Waals surface area contributed by atoms with Crippen molar-refractivity contribution in [2.75, 3.05) is 11.9 Å². The molecule has 0 unspecified atom stereocenters. The molecule has 4 nitrogen and oxygen atoms in total. The van der Waals surface area contributed by atoms with Gasteiger partial charge in [-0.1, -0.05) is 31.2 Å². The summed E-state index contributed by atoms with van der Waals surface area (Å²) in [7, 11) is 0.521. The summed E-state index contributed by atoms with van der Waals surface area (Å²) < 4.78 is 1.23. The Morgan fingerprint density at radius 2 is 2.12 bits per heavy atom. The van der Waals surface area contributed by atoms with E-state index in [2.05, 4.69) is 30.1 Å². The van der Waals surface area contributed by atoms with E-state index in [4.69, 9.17) is 11.6 Å². The highest BCUT2D eigenvalue weighted by molar-refractivity contribution is 6.76. The lowest BCUT2D eigenvalue weighted by atomic mass is 10.4. The summed E-state index contributed by atoms with van der Waals surface area (Å²) in [6.45, 7) is 7.75. The zero-order chi connectivity index (χ0) is 12.3. The van der Waals surface area contributed by atoms with Gasteiger partial charge in [-0.05, 0) is 6.04 Å². The van der Waals surface area contributed by atoms with Crippen molar-refractivity contribution in [3.63, 3.8) is 0 Å². The molecule has 0 radical (unpaired) electrons. The number of nitrogens with zero attached hydrogens (tertiary/aromatic N) is 2. The Bertz CT molecular complexity index is 425. The molecule has 0 atom stereocenters. The Morgan fingerprint density at radius 1 is 1.50 bits per heavy atom. The standard InChI is InChI=1S/C10H18ClN3OSi/c1-14-10(15)9(11)8(7-13-14)12-5-6-16(2,3)4/h7,12H,5-6H2,1-4H3. The van der Waals surface area contributed by atoms with Gasteiger partial charge in [-0.2, -0.15) is 5.10 Å². The minimum atomic E-state index is -1.06. The molecule has 0 aliphatic heterocycles. The molecule has 1 N–H and O–H groups in total. The van der Waals surface area contributed by atoms with Gasteiger partial charge in [-0.3, -0.25) is 4.79 Å². The normalized spacial score (nSPS) is 11.6. The predicted molar refractivity (Wildman–Crippen MR) is 71.1 cm³/mol. The molecule has 0 bridgehead atoms. The lowest BCUT2D eigenvalue weighted by Gasteiger charge is -2.16. The average Bonchev–Trinajstić information content (AvgIpc) is 2.16. The molecule has 0 aliphatic rings. The molecule has 0 spiro atoms. The first-order valence-electron chi connectivity index (χ1n) is 5.27. The van der Waals surface area contributed by atoms with E-state index in [0.717, 1.165) is 12.6 Å². The van der Waals surface area contributed by atoms with Gasteiger partial charge in [-0.25, -0.2) is 4.68 Å². The molecule has 90 valence electrons. The van der Waals surface area contributed by atoms with Crippen molar-refractivity contribution in [1.29, 1.82) is 0 Å². The molecular formula is C10H18ClN3OSi. The van der Waals surface area contributed by atoms with Gasteiger partial charge in [0.05, 0.1) is 11.9 Å². The maximum Gasteiger partial charge on any atom is 0.287 e. The first-order valence-corrected chi connectivity index (χ1v) is 9.35. The Balaban J connectivity index is 2.69. The lowest BCUT2D eigenvalue weighted by Crippen LogP contribution is -2.25. The van der Waals surface area contributed by atoms with Crippen LogP contribution in [0.1, 0.15) is 0 Å². The van der Waals surface area contributed by atoms with Crippen LogP contribution < -0.4 is 10.9 Å². The highest BCUT2D eigenvalue weighted by Gasteiger charge is 2.13. The molecule has 0 aromatic carbocycles. The van der Waals surface area contributed by atoms with Crippen LogP contribution in [0.3, 0.4) is 0 Å². The van der Waals surface area contributed by atoms with Crippen LogP contribution in [0, 0.1) is 0 Å². The third kappa shape index (κ3) is 3.64. The van der Waals surface area contributed by atoms with Crippen LogP contribution in [0.4, 0.5) is 5.69 Å². The second-order valence-electron chi connectivity index (χ2n) is 5.04. The van der Waals surface area contributed by atoms with E-state index in [9.17, 15) is 4.79 Å². The Kier molecular flexibility index (Phi) is 4.15. The molecule has 6 heteroatoms. The number of hydrogen-bond acceptors (Lipinski definition) is 3. The fourth-order valence-corrected chi connectivity index (χ4v) is 2.32. The summed E-state index contributed by atoms with van der Waals surface area (Å²) in [5.74, 6) is 0. The molecule has 16 heavy (non-hydrogen) atoms. The number of anilines is 1. The highest BCUT2D eigenvalue weighted by Crippen LogP contribution is 2.16. The molecule has 1 aromatic rings. The average molecular weight is 260 g/mol. The second kappa shape index (κ2) is 5.01. The number of rotatable bonds is 4. The van der Waals surface area contributed by atoms with Crippen LogP contribution in [-0.4, -0.2) is 24.4 Å². The predicted octanol–water partition coefficient (Wildman–Crippen LogP) is 2.18. The first-order chi connectivity index (χ1) is 7.31. The fourth-order valence-electron chi connectivity index (χ4n) is 1.21. The van der Waals surface area contributed by atoms with Gasteiger partial charge < -0.3 is 5.32 Å². The summed E-state index contributed by atoms with van der Waals surface area (Å²) in [4.78, 5) is 11.5. The second-order valence-corrected chi connectivity index (χ2v) is 11.0. The van der Waals surface area contributed by atoms with E-state index in [1.165, 1.54) is 4.68 Å². The minimum absolute atomic E-state index is 0.216. The molecular weight excluding hydrogens is 242 g/mol. The quantitative estimate of drug-likeness (QED) is 0.844. The fraction of sp³-hybridized carbons (Fsp3) is 0.600.